The quantitative estimate of drug-likeness (QED) is 0.793. The lowest BCUT2D eigenvalue weighted by atomic mass is 9.75. The van der Waals surface area contributed by atoms with E-state index < -0.39 is 11.6 Å². The molecule has 4 aliphatic rings. The van der Waals surface area contributed by atoms with Crippen LogP contribution in [0.3, 0.4) is 0 Å². The van der Waals surface area contributed by atoms with E-state index in [0.717, 1.165) is 26.2 Å². The van der Waals surface area contributed by atoms with Crippen molar-refractivity contribution in [2.75, 3.05) is 46.0 Å². The molecule has 0 unspecified atom stereocenters. The fourth-order valence-electron chi connectivity index (χ4n) is 5.22. The monoisotopic (exact) mass is 352 g/mol. The summed E-state index contributed by atoms with van der Waals surface area (Å²) in [6, 6.07) is 5.22. The van der Waals surface area contributed by atoms with Crippen LogP contribution in [0.4, 0.5) is 8.78 Å². The predicted molar refractivity (Wildman–Crippen MR) is 90.4 cm³/mol. The molecule has 1 aromatic carbocycles. The molecule has 25 heavy (non-hydrogen) atoms. The second-order valence-electron chi connectivity index (χ2n) is 7.44. The maximum atomic E-state index is 14.5. The summed E-state index contributed by atoms with van der Waals surface area (Å²) in [5.41, 5.74) is 0.515. The van der Waals surface area contributed by atoms with Crippen LogP contribution in [-0.4, -0.2) is 73.0 Å². The van der Waals surface area contributed by atoms with E-state index in [9.17, 15) is 8.78 Å². The van der Waals surface area contributed by atoms with Crippen molar-refractivity contribution in [1.29, 1.82) is 0 Å². The standard InChI is InChI=1S/C19H26F2N2O2/c20-16-3-1-2-14(17(16)21)15-12-23(8-10-25-11-9-24)18-13-4-6-22(7-5-13)19(15)18/h1-3,13,15,18-19,24H,4-12H2/t15-,18+,19+/m0/s1. The highest BCUT2D eigenvalue weighted by Gasteiger charge is 2.53. The molecule has 1 N–H and O–H groups in total. The summed E-state index contributed by atoms with van der Waals surface area (Å²) in [7, 11) is 0. The van der Waals surface area contributed by atoms with Crippen molar-refractivity contribution in [2.45, 2.75) is 30.8 Å². The number of benzene rings is 1. The van der Waals surface area contributed by atoms with Crippen LogP contribution in [0.2, 0.25) is 0 Å². The van der Waals surface area contributed by atoms with Gasteiger partial charge in [-0.1, -0.05) is 12.1 Å². The summed E-state index contributed by atoms with van der Waals surface area (Å²) in [5, 5.41) is 8.86. The van der Waals surface area contributed by atoms with E-state index >= 15 is 0 Å². The van der Waals surface area contributed by atoms with E-state index in [1.165, 1.54) is 18.9 Å². The zero-order valence-corrected chi connectivity index (χ0v) is 14.4. The molecular weight excluding hydrogens is 326 g/mol. The maximum Gasteiger partial charge on any atom is 0.162 e. The van der Waals surface area contributed by atoms with Crippen molar-refractivity contribution in [3.63, 3.8) is 0 Å². The largest absolute Gasteiger partial charge is 0.394 e. The van der Waals surface area contributed by atoms with Crippen LogP contribution in [0.5, 0.6) is 0 Å². The Morgan fingerprint density at radius 2 is 1.92 bits per heavy atom. The SMILES string of the molecule is OCCOCCN1C[C@@H](c2cccc(F)c2F)[C@@H]2[C@H]1C1CCN2CC1. The van der Waals surface area contributed by atoms with Crippen molar-refractivity contribution in [2.24, 2.45) is 5.92 Å². The van der Waals surface area contributed by atoms with Gasteiger partial charge in [0.2, 0.25) is 0 Å². The molecule has 0 spiro atoms. The van der Waals surface area contributed by atoms with Crippen molar-refractivity contribution < 1.29 is 18.6 Å². The molecular formula is C19H26F2N2O2. The average Bonchev–Trinajstić information content (AvgIpc) is 3.04. The van der Waals surface area contributed by atoms with Crippen LogP contribution in [0.15, 0.2) is 18.2 Å². The molecule has 5 rings (SSSR count). The zero-order chi connectivity index (χ0) is 17.4. The second-order valence-corrected chi connectivity index (χ2v) is 7.44. The van der Waals surface area contributed by atoms with Crippen molar-refractivity contribution >= 4 is 0 Å². The Morgan fingerprint density at radius 3 is 2.68 bits per heavy atom. The van der Waals surface area contributed by atoms with Crippen LogP contribution in [0.1, 0.15) is 24.3 Å². The molecule has 6 heteroatoms. The van der Waals surface area contributed by atoms with Crippen LogP contribution < -0.4 is 0 Å². The highest BCUT2D eigenvalue weighted by molar-refractivity contribution is 5.29. The number of ether oxygens (including phenoxy) is 1. The van der Waals surface area contributed by atoms with E-state index in [1.54, 1.807) is 12.1 Å². The number of aliphatic hydroxyl groups excluding tert-OH is 1. The van der Waals surface area contributed by atoms with Crippen LogP contribution in [-0.2, 0) is 4.74 Å². The molecule has 138 valence electrons. The average molecular weight is 352 g/mol. The number of fused-ring (bicyclic) bond motifs is 2. The van der Waals surface area contributed by atoms with Crippen LogP contribution in [0, 0.1) is 17.6 Å². The van der Waals surface area contributed by atoms with E-state index in [4.69, 9.17) is 9.84 Å². The fraction of sp³-hybridized carbons (Fsp3) is 0.684. The minimum absolute atomic E-state index is 0.00152. The van der Waals surface area contributed by atoms with E-state index in [1.807, 2.05) is 0 Å². The summed E-state index contributed by atoms with van der Waals surface area (Å²) in [4.78, 5) is 4.89. The Balaban J connectivity index is 1.58. The lowest BCUT2D eigenvalue weighted by molar-refractivity contribution is -0.0155. The summed E-state index contributed by atoms with van der Waals surface area (Å²) in [5.74, 6) is -0.807. The summed E-state index contributed by atoms with van der Waals surface area (Å²) < 4.78 is 33.7. The summed E-state index contributed by atoms with van der Waals surface area (Å²) in [6.45, 7) is 4.58. The molecule has 0 radical (unpaired) electrons. The first-order valence-corrected chi connectivity index (χ1v) is 9.31. The van der Waals surface area contributed by atoms with Gasteiger partial charge in [-0.25, -0.2) is 8.78 Å². The number of hydrogen-bond acceptors (Lipinski definition) is 4. The van der Waals surface area contributed by atoms with Crippen LogP contribution in [0.25, 0.3) is 0 Å². The molecule has 4 fully saturated rings. The van der Waals surface area contributed by atoms with Gasteiger partial charge < -0.3 is 9.84 Å². The molecule has 4 saturated heterocycles. The summed E-state index contributed by atoms with van der Waals surface area (Å²) in [6.07, 6.45) is 2.38. The molecule has 1 aromatic rings. The van der Waals surface area contributed by atoms with Gasteiger partial charge in [0.05, 0.1) is 19.8 Å². The normalized spacial score (nSPS) is 34.4. The van der Waals surface area contributed by atoms with E-state index in [-0.39, 0.29) is 18.6 Å². The zero-order valence-electron chi connectivity index (χ0n) is 14.4. The number of piperidine rings is 3. The first-order chi connectivity index (χ1) is 12.2. The minimum Gasteiger partial charge on any atom is -0.394 e. The third-order valence-electron chi connectivity index (χ3n) is 6.23. The molecule has 2 bridgehead atoms. The van der Waals surface area contributed by atoms with Gasteiger partial charge in [0.1, 0.15) is 0 Å². The molecule has 0 aromatic heterocycles. The van der Waals surface area contributed by atoms with Crippen LogP contribution >= 0.6 is 0 Å². The van der Waals surface area contributed by atoms with Gasteiger partial charge in [0.25, 0.3) is 0 Å². The van der Waals surface area contributed by atoms with Gasteiger partial charge in [0.15, 0.2) is 11.6 Å². The number of hydrogen-bond donors (Lipinski definition) is 1. The summed E-state index contributed by atoms with van der Waals surface area (Å²) >= 11 is 0. The topological polar surface area (TPSA) is 35.9 Å². The Hall–Kier alpha value is -1.08. The van der Waals surface area contributed by atoms with Crippen molar-refractivity contribution in [3.8, 4) is 0 Å². The first-order valence-electron chi connectivity index (χ1n) is 9.31. The number of nitrogens with zero attached hydrogens (tertiary/aromatic N) is 2. The van der Waals surface area contributed by atoms with Gasteiger partial charge in [-0.2, -0.15) is 0 Å². The molecule has 0 saturated carbocycles. The van der Waals surface area contributed by atoms with E-state index in [2.05, 4.69) is 9.80 Å². The third kappa shape index (κ3) is 3.10. The van der Waals surface area contributed by atoms with Gasteiger partial charge >= 0.3 is 0 Å². The number of likely N-dealkylation sites (tertiary alicyclic amines) is 1. The molecule has 4 nitrogen and oxygen atoms in total. The lowest BCUT2D eigenvalue weighted by Crippen LogP contribution is -2.60. The smallest absolute Gasteiger partial charge is 0.162 e. The highest BCUT2D eigenvalue weighted by Crippen LogP contribution is 2.46. The Kier molecular flexibility index (Phi) is 5.04. The van der Waals surface area contributed by atoms with E-state index in [0.29, 0.717) is 30.7 Å². The number of rotatable bonds is 6. The Bertz CT molecular complexity index is 607. The molecule has 4 heterocycles. The predicted octanol–water partition coefficient (Wildman–Crippen LogP) is 1.84. The fourth-order valence-corrected chi connectivity index (χ4v) is 5.22. The second kappa shape index (κ2) is 7.27. The molecule has 0 amide bonds. The van der Waals surface area contributed by atoms with Gasteiger partial charge in [-0.15, -0.1) is 0 Å². The van der Waals surface area contributed by atoms with Gasteiger partial charge in [-0.05, 0) is 43.5 Å². The molecule has 4 aliphatic heterocycles. The van der Waals surface area contributed by atoms with Gasteiger partial charge in [0, 0.05) is 31.1 Å². The third-order valence-corrected chi connectivity index (χ3v) is 6.23. The maximum absolute atomic E-state index is 14.5. The molecule has 0 aliphatic carbocycles. The molecule has 3 atom stereocenters. The van der Waals surface area contributed by atoms with Crippen molar-refractivity contribution in [1.82, 2.24) is 9.80 Å². The highest BCUT2D eigenvalue weighted by atomic mass is 19.2. The Labute approximate surface area is 147 Å². The lowest BCUT2D eigenvalue weighted by Gasteiger charge is -2.51. The first kappa shape index (κ1) is 17.3. The minimum atomic E-state index is -0.755. The number of aliphatic hydroxyl groups is 1. The van der Waals surface area contributed by atoms with Gasteiger partial charge in [-0.3, -0.25) is 9.80 Å². The Morgan fingerprint density at radius 1 is 1.12 bits per heavy atom. The van der Waals surface area contributed by atoms with Crippen molar-refractivity contribution in [3.05, 3.63) is 35.4 Å². The number of halogens is 2.